The zero-order valence-corrected chi connectivity index (χ0v) is 12.7. The van der Waals surface area contributed by atoms with E-state index >= 15 is 0 Å². The second-order valence-electron chi connectivity index (χ2n) is 5.65. The fourth-order valence-corrected chi connectivity index (χ4v) is 4.22. The maximum absolute atomic E-state index is 13.4. The maximum atomic E-state index is 13.4. The molecule has 0 aliphatic carbocycles. The molecular weight excluding hydrogens is 297 g/mol. The predicted molar refractivity (Wildman–Crippen MR) is 76.2 cm³/mol. The monoisotopic (exact) mass is 315 g/mol. The van der Waals surface area contributed by atoms with Crippen molar-refractivity contribution in [1.82, 2.24) is 4.31 Å². The van der Waals surface area contributed by atoms with Crippen molar-refractivity contribution in [3.63, 3.8) is 0 Å². The zero-order chi connectivity index (χ0) is 16.0. The number of benzene rings is 1. The number of nitrogens with two attached hydrogens (primary N) is 2. The van der Waals surface area contributed by atoms with Gasteiger partial charge >= 0.3 is 0 Å². The number of carbonyl (C=O) groups is 1. The summed E-state index contributed by atoms with van der Waals surface area (Å²) in [5.74, 6) is -1.19. The van der Waals surface area contributed by atoms with Crippen LogP contribution in [0.15, 0.2) is 17.0 Å². The highest BCUT2D eigenvalue weighted by atomic mass is 32.2. The van der Waals surface area contributed by atoms with Crippen molar-refractivity contribution < 1.29 is 17.6 Å². The van der Waals surface area contributed by atoms with Gasteiger partial charge < -0.3 is 11.5 Å². The molecule has 1 saturated heterocycles. The van der Waals surface area contributed by atoms with Crippen LogP contribution in [0, 0.1) is 18.2 Å². The molecule has 0 radical (unpaired) electrons. The predicted octanol–water partition coefficient (Wildman–Crippen LogP) is 0.602. The molecule has 1 fully saturated rings. The third-order valence-corrected chi connectivity index (χ3v) is 5.93. The van der Waals surface area contributed by atoms with Crippen LogP contribution in [0.25, 0.3) is 0 Å². The van der Waals surface area contributed by atoms with E-state index < -0.39 is 27.2 Å². The van der Waals surface area contributed by atoms with Gasteiger partial charge in [-0.25, -0.2) is 12.8 Å². The Labute approximate surface area is 123 Å². The Morgan fingerprint density at radius 3 is 2.57 bits per heavy atom. The molecule has 1 aliphatic rings. The van der Waals surface area contributed by atoms with Crippen LogP contribution in [-0.2, 0) is 14.8 Å². The van der Waals surface area contributed by atoms with Crippen molar-refractivity contribution in [2.24, 2.45) is 11.1 Å². The summed E-state index contributed by atoms with van der Waals surface area (Å²) in [6.07, 6.45) is 0.358. The van der Waals surface area contributed by atoms with Crippen molar-refractivity contribution >= 4 is 21.6 Å². The standard InChI is InChI=1S/C13H18FN3O3S/c1-8-5-9(14)10(15)6-11(8)21(19,20)17-4-3-13(2,7-17)12(16)18/h5-6H,3-4,7,15H2,1-2H3,(H2,16,18). The SMILES string of the molecule is Cc1cc(F)c(N)cc1S(=O)(=O)N1CCC(C)(C(N)=O)C1. The number of hydrogen-bond acceptors (Lipinski definition) is 4. The number of nitrogens with zero attached hydrogens (tertiary/aromatic N) is 1. The van der Waals surface area contributed by atoms with Crippen LogP contribution in [0.3, 0.4) is 0 Å². The van der Waals surface area contributed by atoms with Crippen LogP contribution in [0.1, 0.15) is 18.9 Å². The Morgan fingerprint density at radius 2 is 2.05 bits per heavy atom. The van der Waals surface area contributed by atoms with E-state index in [2.05, 4.69) is 0 Å². The van der Waals surface area contributed by atoms with E-state index in [1.165, 1.54) is 11.2 Å². The molecule has 0 aromatic heterocycles. The molecule has 0 bridgehead atoms. The highest BCUT2D eigenvalue weighted by Gasteiger charge is 2.44. The lowest BCUT2D eigenvalue weighted by Gasteiger charge is -2.21. The van der Waals surface area contributed by atoms with Gasteiger partial charge in [0.15, 0.2) is 0 Å². The van der Waals surface area contributed by atoms with Crippen molar-refractivity contribution in [2.75, 3.05) is 18.8 Å². The summed E-state index contributed by atoms with van der Waals surface area (Å²) in [6, 6.07) is 2.20. The molecule has 6 nitrogen and oxygen atoms in total. The first kappa shape index (κ1) is 15.7. The van der Waals surface area contributed by atoms with E-state index in [-0.39, 0.29) is 29.2 Å². The Hall–Kier alpha value is -1.67. The fourth-order valence-electron chi connectivity index (χ4n) is 2.41. The number of aryl methyl sites for hydroxylation is 1. The largest absolute Gasteiger partial charge is 0.396 e. The topological polar surface area (TPSA) is 106 Å². The maximum Gasteiger partial charge on any atom is 0.243 e. The normalized spacial score (nSPS) is 23.4. The van der Waals surface area contributed by atoms with Gasteiger partial charge in [0.05, 0.1) is 16.0 Å². The summed E-state index contributed by atoms with van der Waals surface area (Å²) < 4.78 is 39.8. The lowest BCUT2D eigenvalue weighted by molar-refractivity contribution is -0.126. The molecule has 1 unspecified atom stereocenters. The minimum Gasteiger partial charge on any atom is -0.396 e. The van der Waals surface area contributed by atoms with Crippen LogP contribution in [-0.4, -0.2) is 31.7 Å². The van der Waals surface area contributed by atoms with Crippen molar-refractivity contribution in [3.05, 3.63) is 23.5 Å². The molecule has 1 amide bonds. The molecule has 1 aromatic carbocycles. The summed E-state index contributed by atoms with van der Waals surface area (Å²) >= 11 is 0. The van der Waals surface area contributed by atoms with Crippen LogP contribution in [0.5, 0.6) is 0 Å². The number of halogens is 1. The number of nitrogen functional groups attached to an aromatic ring is 1. The summed E-state index contributed by atoms with van der Waals surface area (Å²) in [4.78, 5) is 11.4. The van der Waals surface area contributed by atoms with Gasteiger partial charge in [0, 0.05) is 13.1 Å². The van der Waals surface area contributed by atoms with Gasteiger partial charge in [0.25, 0.3) is 0 Å². The van der Waals surface area contributed by atoms with E-state index in [4.69, 9.17) is 11.5 Å². The number of rotatable bonds is 3. The third kappa shape index (κ3) is 2.60. The first-order valence-corrected chi connectivity index (χ1v) is 7.87. The van der Waals surface area contributed by atoms with E-state index in [0.29, 0.717) is 6.42 Å². The van der Waals surface area contributed by atoms with E-state index in [1.807, 2.05) is 0 Å². The van der Waals surface area contributed by atoms with Crippen LogP contribution >= 0.6 is 0 Å². The smallest absolute Gasteiger partial charge is 0.243 e. The molecular formula is C13H18FN3O3S. The van der Waals surface area contributed by atoms with Gasteiger partial charge in [0.2, 0.25) is 15.9 Å². The number of amides is 1. The van der Waals surface area contributed by atoms with Crippen LogP contribution < -0.4 is 11.5 Å². The van der Waals surface area contributed by atoms with Gasteiger partial charge in [-0.1, -0.05) is 0 Å². The van der Waals surface area contributed by atoms with Gasteiger partial charge in [-0.15, -0.1) is 0 Å². The molecule has 0 saturated carbocycles. The number of primary amides is 1. The number of anilines is 1. The van der Waals surface area contributed by atoms with Crippen molar-refractivity contribution in [2.45, 2.75) is 25.2 Å². The average molecular weight is 315 g/mol. The van der Waals surface area contributed by atoms with Crippen LogP contribution in [0.4, 0.5) is 10.1 Å². The Bertz CT molecular complexity index is 705. The minimum absolute atomic E-state index is 0.0153. The highest BCUT2D eigenvalue weighted by Crippen LogP contribution is 2.34. The first-order chi connectivity index (χ1) is 9.58. The van der Waals surface area contributed by atoms with Gasteiger partial charge in [-0.3, -0.25) is 4.79 Å². The van der Waals surface area contributed by atoms with E-state index in [0.717, 1.165) is 12.1 Å². The first-order valence-electron chi connectivity index (χ1n) is 6.43. The Balaban J connectivity index is 2.41. The molecule has 1 heterocycles. The second kappa shape index (κ2) is 4.96. The Kier molecular flexibility index (Phi) is 3.71. The summed E-state index contributed by atoms with van der Waals surface area (Å²) in [5, 5.41) is 0. The average Bonchev–Trinajstić information content (AvgIpc) is 2.78. The van der Waals surface area contributed by atoms with E-state index in [9.17, 15) is 17.6 Å². The molecule has 0 spiro atoms. The van der Waals surface area contributed by atoms with E-state index in [1.54, 1.807) is 6.92 Å². The summed E-state index contributed by atoms with van der Waals surface area (Å²) in [5.41, 5.74) is 9.94. The fraction of sp³-hybridized carbons (Fsp3) is 0.462. The quantitative estimate of drug-likeness (QED) is 0.797. The zero-order valence-electron chi connectivity index (χ0n) is 11.9. The van der Waals surface area contributed by atoms with Gasteiger partial charge in [-0.05, 0) is 38.0 Å². The molecule has 8 heteroatoms. The molecule has 21 heavy (non-hydrogen) atoms. The molecule has 4 N–H and O–H groups in total. The molecule has 2 rings (SSSR count). The lowest BCUT2D eigenvalue weighted by atomic mass is 9.89. The third-order valence-electron chi connectivity index (χ3n) is 3.95. The highest BCUT2D eigenvalue weighted by molar-refractivity contribution is 7.89. The van der Waals surface area contributed by atoms with Gasteiger partial charge in [-0.2, -0.15) is 4.31 Å². The Morgan fingerprint density at radius 1 is 1.43 bits per heavy atom. The second-order valence-corrected chi connectivity index (χ2v) is 7.56. The number of hydrogen-bond donors (Lipinski definition) is 2. The van der Waals surface area contributed by atoms with Gasteiger partial charge in [0.1, 0.15) is 5.82 Å². The molecule has 116 valence electrons. The van der Waals surface area contributed by atoms with Crippen LogP contribution in [0.2, 0.25) is 0 Å². The van der Waals surface area contributed by atoms with Crippen molar-refractivity contribution in [3.8, 4) is 0 Å². The lowest BCUT2D eigenvalue weighted by Crippen LogP contribution is -2.38. The molecule has 1 aliphatic heterocycles. The van der Waals surface area contributed by atoms with Crippen molar-refractivity contribution in [1.29, 1.82) is 0 Å². The molecule has 1 aromatic rings. The number of sulfonamides is 1. The number of carbonyl (C=O) groups excluding carboxylic acids is 1. The minimum atomic E-state index is -3.83. The summed E-state index contributed by atoms with van der Waals surface area (Å²) in [6.45, 7) is 3.34. The summed E-state index contributed by atoms with van der Waals surface area (Å²) in [7, 11) is -3.83. The molecule has 1 atom stereocenters.